The zero-order chi connectivity index (χ0) is 21.6. The highest BCUT2D eigenvalue weighted by Crippen LogP contribution is 2.27. The Morgan fingerprint density at radius 2 is 1.76 bits per heavy atom. The smallest absolute Gasteiger partial charge is 0.247 e. The molecule has 0 heterocycles. The Hall–Kier alpha value is -2.58. The zero-order valence-corrected chi connectivity index (χ0v) is 18.2. The maximum absolute atomic E-state index is 13.1. The second kappa shape index (κ2) is 9.76. The molecule has 0 saturated heterocycles. The van der Waals surface area contributed by atoms with Gasteiger partial charge in [-0.2, -0.15) is 4.31 Å². The normalized spacial score (nSPS) is 12.5. The molecule has 158 valence electrons. The topological polar surface area (TPSA) is 84.9 Å². The average molecular weight is 421 g/mol. The molecule has 0 bridgehead atoms. The lowest BCUT2D eigenvalue weighted by atomic mass is 10.1. The molecular weight excluding hydrogens is 392 g/mol. The van der Waals surface area contributed by atoms with Gasteiger partial charge in [-0.15, -0.1) is 0 Å². The van der Waals surface area contributed by atoms with Crippen LogP contribution in [0.15, 0.2) is 47.4 Å². The van der Waals surface area contributed by atoms with Crippen LogP contribution < -0.4 is 14.8 Å². The molecule has 7 nitrogen and oxygen atoms in total. The van der Waals surface area contributed by atoms with E-state index in [0.717, 1.165) is 21.2 Å². The Kier molecular flexibility index (Phi) is 7.64. The number of carbonyl (C=O) groups is 1. The first-order valence-electron chi connectivity index (χ1n) is 9.31. The van der Waals surface area contributed by atoms with Crippen molar-refractivity contribution in [3.63, 3.8) is 0 Å². The molecule has 1 atom stereocenters. The molecule has 1 amide bonds. The Balaban J connectivity index is 2.15. The van der Waals surface area contributed by atoms with Crippen LogP contribution in [-0.2, 0) is 14.8 Å². The molecule has 0 unspecified atom stereocenters. The van der Waals surface area contributed by atoms with E-state index in [-0.39, 0.29) is 35.7 Å². The van der Waals surface area contributed by atoms with E-state index in [1.165, 1.54) is 7.11 Å². The molecule has 0 aliphatic heterocycles. The quantitative estimate of drug-likeness (QED) is 0.674. The van der Waals surface area contributed by atoms with Gasteiger partial charge in [0, 0.05) is 6.54 Å². The van der Waals surface area contributed by atoms with Crippen LogP contribution in [0.25, 0.3) is 0 Å². The summed E-state index contributed by atoms with van der Waals surface area (Å²) in [6.45, 7) is 5.21. The average Bonchev–Trinajstić information content (AvgIpc) is 2.71. The SMILES string of the molecule is CCN(CC(=O)N[C@@H](C)c1ccc(OC)cc1)S(=O)(=O)c1cc(C)ccc1OC. The van der Waals surface area contributed by atoms with Gasteiger partial charge in [-0.05, 0) is 49.2 Å². The minimum Gasteiger partial charge on any atom is -0.497 e. The lowest BCUT2D eigenvalue weighted by Crippen LogP contribution is -2.41. The summed E-state index contributed by atoms with van der Waals surface area (Å²) in [5.41, 5.74) is 1.68. The fourth-order valence-corrected chi connectivity index (χ4v) is 4.56. The Morgan fingerprint density at radius 1 is 1.10 bits per heavy atom. The fraction of sp³-hybridized carbons (Fsp3) is 0.381. The van der Waals surface area contributed by atoms with Gasteiger partial charge in [0.05, 0.1) is 26.8 Å². The number of amides is 1. The summed E-state index contributed by atoms with van der Waals surface area (Å²) in [5.74, 6) is 0.592. The Labute approximate surface area is 172 Å². The number of nitrogens with one attached hydrogen (secondary N) is 1. The van der Waals surface area contributed by atoms with E-state index < -0.39 is 10.0 Å². The van der Waals surface area contributed by atoms with Crippen LogP contribution in [0.4, 0.5) is 0 Å². The zero-order valence-electron chi connectivity index (χ0n) is 17.4. The summed E-state index contributed by atoms with van der Waals surface area (Å²) in [4.78, 5) is 12.6. The number of nitrogens with zero attached hydrogens (tertiary/aromatic N) is 1. The number of ether oxygens (including phenoxy) is 2. The number of methoxy groups -OCH3 is 2. The van der Waals surface area contributed by atoms with Crippen LogP contribution in [0.3, 0.4) is 0 Å². The van der Waals surface area contributed by atoms with E-state index in [1.807, 2.05) is 31.2 Å². The molecule has 0 fully saturated rings. The fourth-order valence-electron chi connectivity index (χ4n) is 2.91. The number of likely N-dealkylation sites (N-methyl/N-ethyl adjacent to an activating group) is 1. The van der Waals surface area contributed by atoms with E-state index in [0.29, 0.717) is 0 Å². The number of hydrogen-bond acceptors (Lipinski definition) is 5. The van der Waals surface area contributed by atoms with Crippen molar-refractivity contribution in [2.75, 3.05) is 27.3 Å². The maximum Gasteiger partial charge on any atom is 0.247 e. The van der Waals surface area contributed by atoms with E-state index in [4.69, 9.17) is 9.47 Å². The van der Waals surface area contributed by atoms with Gasteiger partial charge >= 0.3 is 0 Å². The van der Waals surface area contributed by atoms with Crippen molar-refractivity contribution in [3.8, 4) is 11.5 Å². The number of rotatable bonds is 9. The Morgan fingerprint density at radius 3 is 2.31 bits per heavy atom. The Bertz CT molecular complexity index is 942. The summed E-state index contributed by atoms with van der Waals surface area (Å²) >= 11 is 0. The lowest BCUT2D eigenvalue weighted by molar-refractivity contribution is -0.121. The van der Waals surface area contributed by atoms with Crippen molar-refractivity contribution in [2.24, 2.45) is 0 Å². The molecule has 0 saturated carbocycles. The van der Waals surface area contributed by atoms with Gasteiger partial charge < -0.3 is 14.8 Å². The van der Waals surface area contributed by atoms with Crippen LogP contribution in [-0.4, -0.2) is 45.9 Å². The van der Waals surface area contributed by atoms with Crippen molar-refractivity contribution < 1.29 is 22.7 Å². The van der Waals surface area contributed by atoms with Crippen LogP contribution in [0.5, 0.6) is 11.5 Å². The van der Waals surface area contributed by atoms with E-state index in [9.17, 15) is 13.2 Å². The van der Waals surface area contributed by atoms with Gasteiger partial charge in [0.15, 0.2) is 0 Å². The predicted octanol–water partition coefficient (Wildman–Crippen LogP) is 2.90. The number of sulfonamides is 1. The standard InChI is InChI=1S/C21H28N2O5S/c1-6-23(29(25,26)20-13-15(2)7-12-19(20)28-5)14-21(24)22-16(3)17-8-10-18(27-4)11-9-17/h7-13,16H,6,14H2,1-5H3,(H,22,24)/t16-/m0/s1. The largest absolute Gasteiger partial charge is 0.497 e. The maximum atomic E-state index is 13.1. The van der Waals surface area contributed by atoms with Gasteiger partial charge in [0.1, 0.15) is 16.4 Å². The number of benzene rings is 2. The van der Waals surface area contributed by atoms with Gasteiger partial charge in [-0.25, -0.2) is 8.42 Å². The van der Waals surface area contributed by atoms with Crippen molar-refractivity contribution >= 4 is 15.9 Å². The van der Waals surface area contributed by atoms with E-state index in [1.54, 1.807) is 39.2 Å². The second-order valence-corrected chi connectivity index (χ2v) is 8.55. The monoisotopic (exact) mass is 420 g/mol. The number of carbonyl (C=O) groups excluding carboxylic acids is 1. The summed E-state index contributed by atoms with van der Waals surface area (Å²) in [6, 6.07) is 12.0. The summed E-state index contributed by atoms with van der Waals surface area (Å²) in [7, 11) is -0.884. The van der Waals surface area contributed by atoms with E-state index in [2.05, 4.69) is 5.32 Å². The van der Waals surface area contributed by atoms with Crippen LogP contribution in [0, 0.1) is 6.92 Å². The van der Waals surface area contributed by atoms with Gasteiger partial charge in [0.2, 0.25) is 15.9 Å². The first-order chi connectivity index (χ1) is 13.7. The molecule has 2 rings (SSSR count). The first-order valence-corrected chi connectivity index (χ1v) is 10.7. The summed E-state index contributed by atoms with van der Waals surface area (Å²) in [6.07, 6.45) is 0. The van der Waals surface area contributed by atoms with Gasteiger partial charge in [-0.3, -0.25) is 4.79 Å². The summed E-state index contributed by atoms with van der Waals surface area (Å²) < 4.78 is 37.7. The molecule has 2 aromatic carbocycles. The minimum atomic E-state index is -3.89. The molecule has 2 aromatic rings. The molecule has 0 radical (unpaired) electrons. The predicted molar refractivity (Wildman–Crippen MR) is 112 cm³/mol. The van der Waals surface area contributed by atoms with Crippen LogP contribution in [0.2, 0.25) is 0 Å². The molecule has 29 heavy (non-hydrogen) atoms. The molecule has 0 aliphatic rings. The van der Waals surface area contributed by atoms with Crippen LogP contribution in [0.1, 0.15) is 31.0 Å². The second-order valence-electron chi connectivity index (χ2n) is 6.65. The highest BCUT2D eigenvalue weighted by atomic mass is 32.2. The third-order valence-corrected chi connectivity index (χ3v) is 6.54. The molecular formula is C21H28N2O5S. The third kappa shape index (κ3) is 5.48. The first kappa shape index (κ1) is 22.7. The number of hydrogen-bond donors (Lipinski definition) is 1. The van der Waals surface area contributed by atoms with Crippen molar-refractivity contribution in [2.45, 2.75) is 31.7 Å². The molecule has 0 spiro atoms. The molecule has 0 aromatic heterocycles. The van der Waals surface area contributed by atoms with Crippen molar-refractivity contribution in [3.05, 3.63) is 53.6 Å². The highest BCUT2D eigenvalue weighted by molar-refractivity contribution is 7.89. The van der Waals surface area contributed by atoms with Gasteiger partial charge in [-0.1, -0.05) is 25.1 Å². The summed E-state index contributed by atoms with van der Waals surface area (Å²) in [5, 5.41) is 2.84. The van der Waals surface area contributed by atoms with E-state index >= 15 is 0 Å². The van der Waals surface area contributed by atoms with Gasteiger partial charge in [0.25, 0.3) is 0 Å². The lowest BCUT2D eigenvalue weighted by Gasteiger charge is -2.23. The minimum absolute atomic E-state index is 0.0536. The number of aryl methyl sites for hydroxylation is 1. The van der Waals surface area contributed by atoms with Crippen molar-refractivity contribution in [1.29, 1.82) is 0 Å². The highest BCUT2D eigenvalue weighted by Gasteiger charge is 2.28. The molecule has 0 aliphatic carbocycles. The third-order valence-electron chi connectivity index (χ3n) is 4.60. The molecule has 1 N–H and O–H groups in total. The molecule has 8 heteroatoms. The van der Waals surface area contributed by atoms with Crippen molar-refractivity contribution in [1.82, 2.24) is 9.62 Å². The van der Waals surface area contributed by atoms with Crippen LogP contribution >= 0.6 is 0 Å².